The molecule has 6 nitrogen and oxygen atoms in total. The molecule has 0 aliphatic heterocycles. The van der Waals surface area contributed by atoms with Gasteiger partial charge >= 0.3 is 0 Å². The normalized spacial score (nSPS) is 10.7. The van der Waals surface area contributed by atoms with Crippen LogP contribution in [0.25, 0.3) is 11.0 Å². The average molecular weight is 491 g/mol. The fraction of sp³-hybridized carbons (Fsp3) is 0.0833. The maximum absolute atomic E-state index is 13.3. The lowest BCUT2D eigenvalue weighted by Crippen LogP contribution is -2.33. The molecule has 0 bridgehead atoms. The van der Waals surface area contributed by atoms with E-state index < -0.39 is 11.5 Å². The standard InChI is InChI=1S/C24H16BrFN4O2/c25-19-9-18-10-21(23(31)29-12-16-3-1-15(11-27)2-4-16)24(32)30(22(18)28-13-19)14-17-5-7-20(26)8-6-17/h1-10,13H,12,14H2,(H,29,31). The Balaban J connectivity index is 1.69. The minimum atomic E-state index is -0.519. The number of rotatable bonds is 5. The zero-order valence-electron chi connectivity index (χ0n) is 16.7. The van der Waals surface area contributed by atoms with Crippen molar-refractivity contribution in [1.82, 2.24) is 14.9 Å². The molecular formula is C24H16BrFN4O2. The van der Waals surface area contributed by atoms with Gasteiger partial charge in [0, 0.05) is 22.6 Å². The van der Waals surface area contributed by atoms with Gasteiger partial charge in [0.1, 0.15) is 17.0 Å². The number of halogens is 2. The van der Waals surface area contributed by atoms with Crippen molar-refractivity contribution < 1.29 is 9.18 Å². The molecule has 0 unspecified atom stereocenters. The predicted molar refractivity (Wildman–Crippen MR) is 122 cm³/mol. The van der Waals surface area contributed by atoms with E-state index in [2.05, 4.69) is 26.2 Å². The highest BCUT2D eigenvalue weighted by Crippen LogP contribution is 2.18. The number of benzene rings is 2. The van der Waals surface area contributed by atoms with Crippen LogP contribution in [0.2, 0.25) is 0 Å². The smallest absolute Gasteiger partial charge is 0.265 e. The Kier molecular flexibility index (Phi) is 6.10. The summed E-state index contributed by atoms with van der Waals surface area (Å²) in [6, 6.07) is 18.0. The van der Waals surface area contributed by atoms with Crippen molar-refractivity contribution in [1.29, 1.82) is 5.26 Å². The van der Waals surface area contributed by atoms with Crippen molar-refractivity contribution in [3.8, 4) is 6.07 Å². The summed E-state index contributed by atoms with van der Waals surface area (Å²) in [5.74, 6) is -0.891. The van der Waals surface area contributed by atoms with Gasteiger partial charge in [0.25, 0.3) is 11.5 Å². The summed E-state index contributed by atoms with van der Waals surface area (Å²) in [7, 11) is 0. The van der Waals surface area contributed by atoms with Gasteiger partial charge in [0.15, 0.2) is 0 Å². The molecule has 0 saturated carbocycles. The van der Waals surface area contributed by atoms with Gasteiger partial charge in [0.05, 0.1) is 18.2 Å². The van der Waals surface area contributed by atoms with E-state index in [9.17, 15) is 14.0 Å². The minimum absolute atomic E-state index is 0.0202. The Hall–Kier alpha value is -3.83. The van der Waals surface area contributed by atoms with Crippen LogP contribution in [0.5, 0.6) is 0 Å². The van der Waals surface area contributed by atoms with Gasteiger partial charge in [-0.25, -0.2) is 9.37 Å². The zero-order valence-corrected chi connectivity index (χ0v) is 18.3. The molecular weight excluding hydrogens is 475 g/mol. The first-order valence-corrected chi connectivity index (χ1v) is 10.4. The molecule has 0 atom stereocenters. The van der Waals surface area contributed by atoms with Crippen molar-refractivity contribution >= 4 is 32.9 Å². The molecule has 32 heavy (non-hydrogen) atoms. The highest BCUT2D eigenvalue weighted by Gasteiger charge is 2.17. The number of pyridine rings is 2. The number of nitrogens with zero attached hydrogens (tertiary/aromatic N) is 3. The summed E-state index contributed by atoms with van der Waals surface area (Å²) >= 11 is 3.37. The van der Waals surface area contributed by atoms with Gasteiger partial charge in [-0.15, -0.1) is 0 Å². The second-order valence-electron chi connectivity index (χ2n) is 7.13. The predicted octanol–water partition coefficient (Wildman–Crippen LogP) is 4.15. The summed E-state index contributed by atoms with van der Waals surface area (Å²) in [5.41, 5.74) is 1.94. The zero-order chi connectivity index (χ0) is 22.7. The van der Waals surface area contributed by atoms with Gasteiger partial charge in [-0.1, -0.05) is 24.3 Å². The number of carbonyl (C=O) groups excluding carboxylic acids is 1. The molecule has 0 saturated heterocycles. The van der Waals surface area contributed by atoms with Crippen LogP contribution in [0, 0.1) is 17.1 Å². The highest BCUT2D eigenvalue weighted by molar-refractivity contribution is 9.10. The Morgan fingerprint density at radius 2 is 1.78 bits per heavy atom. The van der Waals surface area contributed by atoms with Gasteiger partial charge in [-0.05, 0) is 63.5 Å². The van der Waals surface area contributed by atoms with Crippen molar-refractivity contribution in [2.45, 2.75) is 13.1 Å². The Bertz CT molecular complexity index is 1410. The largest absolute Gasteiger partial charge is 0.348 e. The Morgan fingerprint density at radius 1 is 1.09 bits per heavy atom. The average Bonchev–Trinajstić information content (AvgIpc) is 2.80. The minimum Gasteiger partial charge on any atom is -0.348 e. The fourth-order valence-electron chi connectivity index (χ4n) is 3.29. The molecule has 0 aliphatic rings. The molecule has 0 spiro atoms. The molecule has 1 amide bonds. The molecule has 2 heterocycles. The van der Waals surface area contributed by atoms with Gasteiger partial charge in [-0.3, -0.25) is 14.2 Å². The van der Waals surface area contributed by atoms with Crippen molar-refractivity contribution in [3.05, 3.63) is 110 Å². The summed E-state index contributed by atoms with van der Waals surface area (Å²) in [6.07, 6.45) is 1.58. The van der Waals surface area contributed by atoms with Crippen LogP contribution in [0.3, 0.4) is 0 Å². The van der Waals surface area contributed by atoms with Crippen LogP contribution in [0.4, 0.5) is 4.39 Å². The molecule has 4 aromatic rings. The number of carbonyl (C=O) groups is 1. The van der Waals surface area contributed by atoms with Gasteiger partial charge in [0.2, 0.25) is 0 Å². The van der Waals surface area contributed by atoms with Crippen molar-refractivity contribution in [2.75, 3.05) is 0 Å². The lowest BCUT2D eigenvalue weighted by molar-refractivity contribution is 0.0949. The molecule has 0 radical (unpaired) electrons. The summed E-state index contributed by atoms with van der Waals surface area (Å²) < 4.78 is 15.4. The van der Waals surface area contributed by atoms with Crippen LogP contribution in [0.1, 0.15) is 27.0 Å². The molecule has 2 aromatic heterocycles. The SMILES string of the molecule is N#Cc1ccc(CNC(=O)c2cc3cc(Br)cnc3n(Cc3ccc(F)cc3)c2=O)cc1. The van der Waals surface area contributed by atoms with E-state index in [4.69, 9.17) is 5.26 Å². The van der Waals surface area contributed by atoms with Gasteiger partial charge < -0.3 is 5.32 Å². The van der Waals surface area contributed by atoms with Crippen molar-refractivity contribution in [3.63, 3.8) is 0 Å². The Morgan fingerprint density at radius 3 is 2.47 bits per heavy atom. The third-order valence-electron chi connectivity index (χ3n) is 4.93. The summed E-state index contributed by atoms with van der Waals surface area (Å²) in [5, 5.41) is 12.3. The molecule has 8 heteroatoms. The molecule has 158 valence electrons. The first-order valence-electron chi connectivity index (χ1n) is 9.65. The first-order chi connectivity index (χ1) is 15.4. The third kappa shape index (κ3) is 4.58. The topological polar surface area (TPSA) is 87.8 Å². The highest BCUT2D eigenvalue weighted by atomic mass is 79.9. The van der Waals surface area contributed by atoms with Crippen LogP contribution in [0.15, 0.2) is 76.1 Å². The second kappa shape index (κ2) is 9.12. The number of hydrogen-bond acceptors (Lipinski definition) is 4. The van der Waals surface area contributed by atoms with Crippen LogP contribution in [-0.4, -0.2) is 15.5 Å². The Labute approximate surface area is 191 Å². The molecule has 2 aromatic carbocycles. The second-order valence-corrected chi connectivity index (χ2v) is 8.05. The van der Waals surface area contributed by atoms with E-state index in [1.54, 1.807) is 48.7 Å². The number of nitriles is 1. The summed E-state index contributed by atoms with van der Waals surface area (Å²) in [4.78, 5) is 30.4. The lowest BCUT2D eigenvalue weighted by atomic mass is 10.1. The monoisotopic (exact) mass is 490 g/mol. The maximum atomic E-state index is 13.3. The number of nitrogens with one attached hydrogen (secondary N) is 1. The van der Waals surface area contributed by atoms with E-state index in [1.807, 2.05) is 6.07 Å². The number of aromatic nitrogens is 2. The van der Waals surface area contributed by atoms with E-state index in [1.165, 1.54) is 22.8 Å². The lowest BCUT2D eigenvalue weighted by Gasteiger charge is -2.13. The quantitative estimate of drug-likeness (QED) is 0.455. The maximum Gasteiger partial charge on any atom is 0.265 e. The van der Waals surface area contributed by atoms with E-state index in [0.717, 1.165) is 5.56 Å². The van der Waals surface area contributed by atoms with Crippen LogP contribution in [-0.2, 0) is 13.1 Å². The fourth-order valence-corrected chi connectivity index (χ4v) is 3.64. The molecule has 0 fully saturated rings. The number of amides is 1. The molecule has 0 aliphatic carbocycles. The number of hydrogen-bond donors (Lipinski definition) is 1. The van der Waals surface area contributed by atoms with Crippen LogP contribution >= 0.6 is 15.9 Å². The van der Waals surface area contributed by atoms with E-state index >= 15 is 0 Å². The van der Waals surface area contributed by atoms with E-state index in [0.29, 0.717) is 26.6 Å². The van der Waals surface area contributed by atoms with Gasteiger partial charge in [-0.2, -0.15) is 5.26 Å². The third-order valence-corrected chi connectivity index (χ3v) is 5.36. The van der Waals surface area contributed by atoms with Crippen LogP contribution < -0.4 is 10.9 Å². The first kappa shape index (κ1) is 21.4. The van der Waals surface area contributed by atoms with Crippen molar-refractivity contribution in [2.24, 2.45) is 0 Å². The van der Waals surface area contributed by atoms with E-state index in [-0.39, 0.29) is 24.5 Å². The molecule has 4 rings (SSSR count). The summed E-state index contributed by atoms with van der Waals surface area (Å²) in [6.45, 7) is 0.345. The number of fused-ring (bicyclic) bond motifs is 1. The molecule has 1 N–H and O–H groups in total.